The summed E-state index contributed by atoms with van der Waals surface area (Å²) >= 11 is 0. The molecule has 2 aromatic heterocycles. The van der Waals surface area contributed by atoms with Crippen LogP contribution < -0.4 is 5.73 Å². The van der Waals surface area contributed by atoms with Crippen molar-refractivity contribution in [2.45, 2.75) is 6.92 Å². The Morgan fingerprint density at radius 1 is 1.25 bits per heavy atom. The van der Waals surface area contributed by atoms with Gasteiger partial charge in [0.15, 0.2) is 0 Å². The number of hydrogen-bond donors (Lipinski definition) is 1. The summed E-state index contributed by atoms with van der Waals surface area (Å²) in [6, 6.07) is 10.6. The van der Waals surface area contributed by atoms with Crippen LogP contribution in [0.1, 0.15) is 11.3 Å². The van der Waals surface area contributed by atoms with Crippen molar-refractivity contribution in [3.05, 3.63) is 70.2 Å². The maximum Gasteiger partial charge on any atom is 0.287 e. The number of anilines is 1. The fraction of sp³-hybridized carbons (Fsp3) is 0.0625. The second-order valence-electron chi connectivity index (χ2n) is 5.11. The zero-order chi connectivity index (χ0) is 17.1. The van der Waals surface area contributed by atoms with Crippen LogP contribution in [0.3, 0.4) is 0 Å². The highest BCUT2D eigenvalue weighted by molar-refractivity contribution is 5.80. The molecule has 0 saturated carbocycles. The van der Waals surface area contributed by atoms with Gasteiger partial charge in [0.2, 0.25) is 5.95 Å². The molecular weight excluding hydrogens is 308 g/mol. The Morgan fingerprint density at radius 2 is 2.00 bits per heavy atom. The van der Waals surface area contributed by atoms with Crippen molar-refractivity contribution < 1.29 is 4.92 Å². The number of nitrogens with zero attached hydrogens (tertiary/aromatic N) is 5. The first-order valence-electron chi connectivity index (χ1n) is 7.09. The summed E-state index contributed by atoms with van der Waals surface area (Å²) in [5, 5.41) is 14.9. The number of nitrogens with two attached hydrogens (primary N) is 1. The van der Waals surface area contributed by atoms with Gasteiger partial charge in [-0.15, -0.1) is 0 Å². The van der Waals surface area contributed by atoms with Gasteiger partial charge >= 0.3 is 0 Å². The lowest BCUT2D eigenvalue weighted by atomic mass is 10.1. The van der Waals surface area contributed by atoms with Crippen LogP contribution in [-0.2, 0) is 0 Å². The van der Waals surface area contributed by atoms with E-state index in [1.54, 1.807) is 18.5 Å². The number of pyridine rings is 1. The van der Waals surface area contributed by atoms with Crippen LogP contribution in [0.2, 0.25) is 0 Å². The zero-order valence-electron chi connectivity index (χ0n) is 12.8. The molecule has 120 valence electrons. The fourth-order valence-electron chi connectivity index (χ4n) is 2.13. The molecule has 8 nitrogen and oxygen atoms in total. The van der Waals surface area contributed by atoms with Gasteiger partial charge in [0.05, 0.1) is 28.7 Å². The van der Waals surface area contributed by atoms with Gasteiger partial charge in [0, 0.05) is 11.6 Å². The maximum atomic E-state index is 10.6. The van der Waals surface area contributed by atoms with Crippen molar-refractivity contribution in [3.8, 4) is 11.3 Å². The number of aryl methyl sites for hydroxylation is 1. The highest BCUT2D eigenvalue weighted by Gasteiger charge is 2.06. The van der Waals surface area contributed by atoms with E-state index in [2.05, 4.69) is 15.1 Å². The molecule has 3 rings (SSSR count). The normalized spacial score (nSPS) is 11.0. The Labute approximate surface area is 137 Å². The van der Waals surface area contributed by atoms with Gasteiger partial charge in [-0.25, -0.2) is 14.6 Å². The summed E-state index contributed by atoms with van der Waals surface area (Å²) < 4.78 is 1.50. The third-order valence-electron chi connectivity index (χ3n) is 3.33. The van der Waals surface area contributed by atoms with Gasteiger partial charge in [-0.2, -0.15) is 5.10 Å². The molecule has 0 fully saturated rings. The molecule has 0 unspecified atom stereocenters. The Balaban J connectivity index is 1.78. The van der Waals surface area contributed by atoms with Crippen LogP contribution in [0.25, 0.3) is 11.3 Å². The van der Waals surface area contributed by atoms with Gasteiger partial charge in [0.25, 0.3) is 5.69 Å². The Bertz CT molecular complexity index is 897. The molecule has 0 aliphatic rings. The molecule has 3 aromatic rings. The number of aromatic nitrogens is 3. The van der Waals surface area contributed by atoms with E-state index in [0.29, 0.717) is 11.6 Å². The number of hydrogen-bond acceptors (Lipinski definition) is 6. The largest absolute Gasteiger partial charge is 0.368 e. The van der Waals surface area contributed by atoms with Crippen molar-refractivity contribution in [1.82, 2.24) is 14.6 Å². The Kier molecular flexibility index (Phi) is 4.02. The van der Waals surface area contributed by atoms with E-state index in [1.807, 2.05) is 31.2 Å². The lowest BCUT2D eigenvalue weighted by Gasteiger charge is -2.01. The van der Waals surface area contributed by atoms with E-state index in [0.717, 1.165) is 16.8 Å². The molecular formula is C16H14N6O2. The van der Waals surface area contributed by atoms with Crippen molar-refractivity contribution in [2.75, 3.05) is 5.73 Å². The lowest BCUT2D eigenvalue weighted by molar-refractivity contribution is -0.385. The third kappa shape index (κ3) is 3.27. The third-order valence-corrected chi connectivity index (χ3v) is 3.33. The molecule has 0 spiro atoms. The molecule has 0 saturated heterocycles. The van der Waals surface area contributed by atoms with Crippen LogP contribution in [-0.4, -0.2) is 25.8 Å². The molecule has 0 aliphatic heterocycles. The summed E-state index contributed by atoms with van der Waals surface area (Å²) in [5.41, 5.74) is 8.89. The standard InChI is InChI=1S/C16H14N6O2/c1-11-10-21(16(17)20-11)19-8-12-2-4-13(5-3-12)15-7-6-14(9-18-15)22(23)24/h2-10H,1H3,(H2,17,20). The van der Waals surface area contributed by atoms with Gasteiger partial charge < -0.3 is 5.73 Å². The highest BCUT2D eigenvalue weighted by Crippen LogP contribution is 2.19. The van der Waals surface area contributed by atoms with Gasteiger partial charge in [-0.3, -0.25) is 10.1 Å². The first-order chi connectivity index (χ1) is 11.5. The van der Waals surface area contributed by atoms with Crippen molar-refractivity contribution in [3.63, 3.8) is 0 Å². The van der Waals surface area contributed by atoms with E-state index in [4.69, 9.17) is 5.73 Å². The second-order valence-corrected chi connectivity index (χ2v) is 5.11. The molecule has 0 aliphatic carbocycles. The minimum Gasteiger partial charge on any atom is -0.368 e. The van der Waals surface area contributed by atoms with Crippen LogP contribution in [0.5, 0.6) is 0 Å². The monoisotopic (exact) mass is 322 g/mol. The van der Waals surface area contributed by atoms with E-state index in [-0.39, 0.29) is 5.69 Å². The van der Waals surface area contributed by atoms with Gasteiger partial charge in [0.1, 0.15) is 6.20 Å². The topological polar surface area (TPSA) is 112 Å². The Morgan fingerprint density at radius 3 is 2.54 bits per heavy atom. The number of benzene rings is 1. The highest BCUT2D eigenvalue weighted by atomic mass is 16.6. The molecule has 2 N–H and O–H groups in total. The summed E-state index contributed by atoms with van der Waals surface area (Å²) in [4.78, 5) is 18.3. The molecule has 2 heterocycles. The van der Waals surface area contributed by atoms with Crippen LogP contribution in [0, 0.1) is 17.0 Å². The average molecular weight is 322 g/mol. The summed E-state index contributed by atoms with van der Waals surface area (Å²) in [5.74, 6) is 0.329. The number of nitrogen functional groups attached to an aromatic ring is 1. The second kappa shape index (κ2) is 6.29. The van der Waals surface area contributed by atoms with Crippen LogP contribution in [0.15, 0.2) is 53.9 Å². The maximum absolute atomic E-state index is 10.6. The van der Waals surface area contributed by atoms with E-state index in [9.17, 15) is 10.1 Å². The lowest BCUT2D eigenvalue weighted by Crippen LogP contribution is -1.97. The number of nitro groups is 1. The quantitative estimate of drug-likeness (QED) is 0.451. The number of rotatable bonds is 4. The van der Waals surface area contributed by atoms with Crippen molar-refractivity contribution >= 4 is 17.9 Å². The minimum atomic E-state index is -0.472. The molecule has 24 heavy (non-hydrogen) atoms. The first kappa shape index (κ1) is 15.3. The van der Waals surface area contributed by atoms with E-state index in [1.165, 1.54) is 16.9 Å². The molecule has 8 heteroatoms. The summed E-state index contributed by atoms with van der Waals surface area (Å²) in [6.45, 7) is 1.84. The SMILES string of the molecule is Cc1cn(N=Cc2ccc(-c3ccc([N+](=O)[O-])cn3)cc2)c(N)n1. The smallest absolute Gasteiger partial charge is 0.287 e. The summed E-state index contributed by atoms with van der Waals surface area (Å²) in [6.07, 6.45) is 4.65. The molecule has 1 aromatic carbocycles. The first-order valence-corrected chi connectivity index (χ1v) is 7.09. The average Bonchev–Trinajstić information content (AvgIpc) is 2.91. The molecule has 0 radical (unpaired) electrons. The Hall–Kier alpha value is -3.55. The van der Waals surface area contributed by atoms with E-state index < -0.39 is 4.92 Å². The predicted octanol–water partition coefficient (Wildman–Crippen LogP) is 2.63. The predicted molar refractivity (Wildman–Crippen MR) is 90.7 cm³/mol. The molecule has 0 bridgehead atoms. The van der Waals surface area contributed by atoms with Gasteiger partial charge in [-0.1, -0.05) is 24.3 Å². The van der Waals surface area contributed by atoms with Gasteiger partial charge in [-0.05, 0) is 18.6 Å². The molecule has 0 atom stereocenters. The van der Waals surface area contributed by atoms with Crippen molar-refractivity contribution in [2.24, 2.45) is 5.10 Å². The van der Waals surface area contributed by atoms with E-state index >= 15 is 0 Å². The van der Waals surface area contributed by atoms with Crippen LogP contribution in [0.4, 0.5) is 11.6 Å². The number of imidazole rings is 1. The minimum absolute atomic E-state index is 0.0317. The fourth-order valence-corrected chi connectivity index (χ4v) is 2.13. The van der Waals surface area contributed by atoms with Crippen molar-refractivity contribution in [1.29, 1.82) is 0 Å². The van der Waals surface area contributed by atoms with Crippen LogP contribution >= 0.6 is 0 Å². The zero-order valence-corrected chi connectivity index (χ0v) is 12.8. The summed E-state index contributed by atoms with van der Waals surface area (Å²) in [7, 11) is 0. The molecule has 0 amide bonds.